The molecule has 0 bridgehead atoms. The summed E-state index contributed by atoms with van der Waals surface area (Å²) in [5.74, 6) is 2.31. The Morgan fingerprint density at radius 3 is 2.49 bits per heavy atom. The zero-order valence-electron chi connectivity index (χ0n) is 25.6. The maximum atomic E-state index is 7.07. The average Bonchev–Trinajstić information content (AvgIpc) is 3.34. The minimum absolute atomic E-state index is 0.129. The topological polar surface area (TPSA) is 82.3 Å². The first kappa shape index (κ1) is 30.9. The van der Waals surface area contributed by atoms with Gasteiger partial charge < -0.3 is 16.0 Å². The van der Waals surface area contributed by atoms with Gasteiger partial charge in [-0.15, -0.1) is 0 Å². The van der Waals surface area contributed by atoms with Crippen molar-refractivity contribution in [1.82, 2.24) is 15.1 Å². The maximum absolute atomic E-state index is 7.07. The molecule has 6 nitrogen and oxygen atoms in total. The number of aromatic nitrogens is 2. The van der Waals surface area contributed by atoms with Gasteiger partial charge in [-0.1, -0.05) is 83.1 Å². The lowest BCUT2D eigenvalue weighted by molar-refractivity contribution is 0.245. The number of piperidine rings is 1. The summed E-state index contributed by atoms with van der Waals surface area (Å²) in [5.41, 5.74) is 14.2. The first-order chi connectivity index (χ1) is 19.5. The molecule has 4 rings (SSSR count). The molecule has 0 amide bonds. The van der Waals surface area contributed by atoms with E-state index in [0.717, 1.165) is 67.1 Å². The van der Waals surface area contributed by atoms with Gasteiger partial charge in [-0.2, -0.15) is 5.10 Å². The van der Waals surface area contributed by atoms with Gasteiger partial charge in [0.15, 0.2) is 5.82 Å². The van der Waals surface area contributed by atoms with Gasteiger partial charge in [0.05, 0.1) is 16.4 Å². The predicted molar refractivity (Wildman–Crippen MR) is 176 cm³/mol. The van der Waals surface area contributed by atoms with E-state index in [4.69, 9.17) is 22.3 Å². The van der Waals surface area contributed by atoms with E-state index < -0.39 is 0 Å². The van der Waals surface area contributed by atoms with Crippen LogP contribution in [0.3, 0.4) is 0 Å². The van der Waals surface area contributed by atoms with Crippen LogP contribution in [0.1, 0.15) is 82.6 Å². The van der Waals surface area contributed by atoms with Crippen molar-refractivity contribution in [3.63, 3.8) is 0 Å². The third-order valence-corrected chi connectivity index (χ3v) is 8.49. The number of nitrogens with one attached hydrogen (secondary N) is 2. The average molecular weight is 575 g/mol. The largest absolute Gasteiger partial charge is 0.380 e. The molecule has 2 aromatic carbocycles. The zero-order valence-corrected chi connectivity index (χ0v) is 26.4. The quantitative estimate of drug-likeness (QED) is 0.168. The molecule has 0 saturated carbocycles. The fourth-order valence-electron chi connectivity index (χ4n) is 5.77. The number of hydrogen-bond acceptors (Lipinski definition) is 4. The monoisotopic (exact) mass is 574 g/mol. The van der Waals surface area contributed by atoms with Gasteiger partial charge in [0.25, 0.3) is 0 Å². The van der Waals surface area contributed by atoms with E-state index in [9.17, 15) is 0 Å². The molecule has 1 aromatic heterocycles. The van der Waals surface area contributed by atoms with Crippen molar-refractivity contribution in [2.75, 3.05) is 18.4 Å². The van der Waals surface area contributed by atoms with Gasteiger partial charge in [-0.05, 0) is 73.3 Å². The van der Waals surface area contributed by atoms with Crippen LogP contribution in [-0.2, 0) is 19.4 Å². The third kappa shape index (κ3) is 7.22. The van der Waals surface area contributed by atoms with Gasteiger partial charge in [-0.25, -0.2) is 4.99 Å². The van der Waals surface area contributed by atoms with E-state index in [1.807, 2.05) is 24.3 Å². The fourth-order valence-corrected chi connectivity index (χ4v) is 6.06. The highest BCUT2D eigenvalue weighted by Gasteiger charge is 2.27. The van der Waals surface area contributed by atoms with Crippen LogP contribution in [0.25, 0.3) is 11.3 Å². The smallest absolute Gasteiger partial charge is 0.179 e. The lowest BCUT2D eigenvalue weighted by Crippen LogP contribution is -2.49. The minimum atomic E-state index is -0.129. The normalized spacial score (nSPS) is 15.6. The number of rotatable bonds is 10. The number of hydrogen-bond donors (Lipinski definition) is 3. The summed E-state index contributed by atoms with van der Waals surface area (Å²) < 4.78 is 0. The first-order valence-electron chi connectivity index (χ1n) is 15.0. The van der Waals surface area contributed by atoms with E-state index in [-0.39, 0.29) is 11.5 Å². The summed E-state index contributed by atoms with van der Waals surface area (Å²) >= 11 is 7.07. The first-order valence-corrected chi connectivity index (χ1v) is 15.4. The predicted octanol–water partition coefficient (Wildman–Crippen LogP) is 8.26. The number of amidine groups is 1. The second-order valence-electron chi connectivity index (χ2n) is 12.3. The number of aromatic amines is 1. The van der Waals surface area contributed by atoms with Gasteiger partial charge in [0.2, 0.25) is 0 Å². The Balaban J connectivity index is 1.62. The molecule has 0 radical (unpaired) electrons. The fraction of sp³-hybridized carbons (Fsp3) is 0.471. The van der Waals surface area contributed by atoms with Crippen LogP contribution in [0, 0.1) is 5.92 Å². The Kier molecular flexibility index (Phi) is 9.98. The highest BCUT2D eigenvalue weighted by molar-refractivity contribution is 6.36. The van der Waals surface area contributed by atoms with Crippen molar-refractivity contribution in [1.29, 1.82) is 0 Å². The Morgan fingerprint density at radius 2 is 1.85 bits per heavy atom. The molecule has 0 spiro atoms. The number of anilines is 1. The second-order valence-corrected chi connectivity index (χ2v) is 12.7. The zero-order chi connectivity index (χ0) is 29.7. The third-order valence-electron chi connectivity index (χ3n) is 8.08. The number of aliphatic imine (C=N–C) groups is 1. The number of H-pyrrole nitrogens is 1. The lowest BCUT2D eigenvalue weighted by Gasteiger charge is -2.37. The molecule has 7 heteroatoms. The van der Waals surface area contributed by atoms with Crippen molar-refractivity contribution in [3.8, 4) is 11.3 Å². The molecule has 41 heavy (non-hydrogen) atoms. The molecule has 220 valence electrons. The summed E-state index contributed by atoms with van der Waals surface area (Å²) in [5, 5.41) is 12.2. The van der Waals surface area contributed by atoms with Crippen LogP contribution in [0.4, 0.5) is 11.5 Å². The molecule has 0 atom stereocenters. The van der Waals surface area contributed by atoms with Crippen LogP contribution in [-0.4, -0.2) is 39.6 Å². The molecule has 4 N–H and O–H groups in total. The Labute approximate surface area is 251 Å². The number of halogens is 1. The van der Waals surface area contributed by atoms with E-state index in [1.54, 1.807) is 0 Å². The van der Waals surface area contributed by atoms with E-state index in [0.29, 0.717) is 23.3 Å². The molecule has 1 aliphatic rings. The molecular weight excluding hydrogens is 528 g/mol. The Hall–Kier alpha value is -3.09. The number of nitrogens with two attached hydrogens (primary N) is 1. The number of nitrogens with zero attached hydrogens (tertiary/aromatic N) is 3. The second kappa shape index (κ2) is 13.3. The van der Waals surface area contributed by atoms with Crippen molar-refractivity contribution in [3.05, 3.63) is 76.3 Å². The Morgan fingerprint density at radius 1 is 1.17 bits per heavy atom. The van der Waals surface area contributed by atoms with Crippen LogP contribution in [0.2, 0.25) is 5.02 Å². The van der Waals surface area contributed by atoms with Gasteiger partial charge in [-0.3, -0.25) is 5.10 Å². The summed E-state index contributed by atoms with van der Waals surface area (Å²) in [6, 6.07) is 12.8. The van der Waals surface area contributed by atoms with Crippen molar-refractivity contribution in [2.45, 2.75) is 85.2 Å². The molecular formula is C34H47ClN6. The highest BCUT2D eigenvalue weighted by Crippen LogP contribution is 2.40. The van der Waals surface area contributed by atoms with Crippen LogP contribution >= 0.6 is 11.6 Å². The summed E-state index contributed by atoms with van der Waals surface area (Å²) in [7, 11) is 0. The molecule has 1 saturated heterocycles. The molecule has 3 aromatic rings. The SMILES string of the molecule is C=CC(=Nc1n[nH]c(-c2cccc(NCc3cccc(CC(C)C)c3CC)c2Cl)c1C(C)C)N1CCC(C)(N)CC1. The molecule has 1 fully saturated rings. The Bertz CT molecular complexity index is 1370. The molecule has 2 heterocycles. The van der Waals surface area contributed by atoms with E-state index >= 15 is 0 Å². The van der Waals surface area contributed by atoms with Crippen LogP contribution in [0.15, 0.2) is 54.0 Å². The van der Waals surface area contributed by atoms with E-state index in [1.165, 1.54) is 16.7 Å². The maximum Gasteiger partial charge on any atom is 0.179 e. The molecule has 1 aliphatic heterocycles. The number of benzene rings is 2. The van der Waals surface area contributed by atoms with Crippen molar-refractivity contribution < 1.29 is 0 Å². The summed E-state index contributed by atoms with van der Waals surface area (Å²) in [6.45, 7) is 19.7. The lowest BCUT2D eigenvalue weighted by atomic mass is 9.91. The van der Waals surface area contributed by atoms with Crippen LogP contribution < -0.4 is 11.1 Å². The molecule has 0 aliphatic carbocycles. The highest BCUT2D eigenvalue weighted by atomic mass is 35.5. The minimum Gasteiger partial charge on any atom is -0.380 e. The van der Waals surface area contributed by atoms with Gasteiger partial charge >= 0.3 is 0 Å². The van der Waals surface area contributed by atoms with Crippen molar-refractivity contribution in [2.24, 2.45) is 16.6 Å². The van der Waals surface area contributed by atoms with Gasteiger partial charge in [0.1, 0.15) is 5.84 Å². The van der Waals surface area contributed by atoms with Crippen LogP contribution in [0.5, 0.6) is 0 Å². The summed E-state index contributed by atoms with van der Waals surface area (Å²) in [6.07, 6.45) is 5.75. The summed E-state index contributed by atoms with van der Waals surface area (Å²) in [4.78, 5) is 7.22. The number of likely N-dealkylation sites (tertiary alicyclic amines) is 1. The molecule has 0 unspecified atom stereocenters. The standard InChI is InChI=1S/C34H47ClN6/c1-8-26-24(20-22(3)4)12-10-13-25(26)21-37-28-15-11-14-27(31(28)35)32-30(23(5)6)33(40-39-32)38-29(9-2)41-18-16-34(7,36)17-19-41/h9-15,22-23,37H,2,8,16-21,36H2,1,3-7H3,(H,39,40). The van der Waals surface area contributed by atoms with E-state index in [2.05, 4.69) is 86.7 Å². The van der Waals surface area contributed by atoms with Gasteiger partial charge in [0, 0.05) is 36.3 Å². The van der Waals surface area contributed by atoms with Crippen molar-refractivity contribution >= 4 is 28.9 Å².